The van der Waals surface area contributed by atoms with E-state index in [-0.39, 0.29) is 23.4 Å². The van der Waals surface area contributed by atoms with Gasteiger partial charge in [-0.05, 0) is 41.5 Å². The van der Waals surface area contributed by atoms with Crippen molar-refractivity contribution in [1.29, 1.82) is 0 Å². The normalized spacial score (nSPS) is 11.5. The molecule has 0 spiro atoms. The van der Waals surface area contributed by atoms with Gasteiger partial charge in [-0.3, -0.25) is 4.79 Å². The van der Waals surface area contributed by atoms with Gasteiger partial charge in [-0.25, -0.2) is 4.79 Å². The summed E-state index contributed by atoms with van der Waals surface area (Å²) in [6.45, 7) is -0.191. The molecule has 1 amide bonds. The van der Waals surface area contributed by atoms with Gasteiger partial charge in [0.15, 0.2) is 0 Å². The molecule has 0 aromatic heterocycles. The number of anilines is 1. The third-order valence-corrected chi connectivity index (χ3v) is 3.76. The van der Waals surface area contributed by atoms with Crippen LogP contribution >= 0.6 is 0 Å². The monoisotopic (exact) mass is 393 g/mol. The van der Waals surface area contributed by atoms with Crippen LogP contribution in [0.4, 0.5) is 18.9 Å². The highest BCUT2D eigenvalue weighted by Crippen LogP contribution is 2.34. The Balaban J connectivity index is 2.16. The number of benzene rings is 2. The first-order valence-corrected chi connectivity index (χ1v) is 8.11. The largest absolute Gasteiger partial charge is 0.466 e. The van der Waals surface area contributed by atoms with Crippen molar-refractivity contribution in [3.8, 4) is 0 Å². The minimum atomic E-state index is -4.57. The van der Waals surface area contributed by atoms with E-state index >= 15 is 0 Å². The molecule has 2 aromatic carbocycles. The quantitative estimate of drug-likeness (QED) is 0.587. The average molecular weight is 393 g/mol. The van der Waals surface area contributed by atoms with Crippen molar-refractivity contribution >= 4 is 23.6 Å². The third-order valence-electron chi connectivity index (χ3n) is 3.76. The second-order valence-corrected chi connectivity index (χ2v) is 5.74. The summed E-state index contributed by atoms with van der Waals surface area (Å²) in [6.07, 6.45) is -1.82. The van der Waals surface area contributed by atoms with Crippen molar-refractivity contribution in [1.82, 2.24) is 0 Å². The number of esters is 1. The highest BCUT2D eigenvalue weighted by molar-refractivity contribution is 6.04. The number of halogens is 3. The molecule has 2 aromatic rings. The molecule has 8 heteroatoms. The number of nitrogens with one attached hydrogen (secondary N) is 1. The Morgan fingerprint density at radius 1 is 1.07 bits per heavy atom. The van der Waals surface area contributed by atoms with Crippen LogP contribution < -0.4 is 5.32 Å². The maximum atomic E-state index is 13.2. The van der Waals surface area contributed by atoms with Crippen LogP contribution in [0.3, 0.4) is 0 Å². The Morgan fingerprint density at radius 2 is 1.75 bits per heavy atom. The first-order chi connectivity index (χ1) is 13.2. The van der Waals surface area contributed by atoms with Gasteiger partial charge in [0.2, 0.25) is 0 Å². The van der Waals surface area contributed by atoms with Gasteiger partial charge in [0.05, 0.1) is 19.3 Å². The zero-order valence-electron chi connectivity index (χ0n) is 15.2. The zero-order chi connectivity index (χ0) is 20.7. The van der Waals surface area contributed by atoms with Gasteiger partial charge >= 0.3 is 12.1 Å². The predicted molar refractivity (Wildman–Crippen MR) is 97.6 cm³/mol. The Labute approximate surface area is 159 Å². The van der Waals surface area contributed by atoms with Gasteiger partial charge in [0, 0.05) is 24.4 Å². The van der Waals surface area contributed by atoms with E-state index in [2.05, 4.69) is 10.1 Å². The number of hydrogen-bond acceptors (Lipinski definition) is 4. The van der Waals surface area contributed by atoms with E-state index in [9.17, 15) is 22.8 Å². The molecule has 0 bridgehead atoms. The van der Waals surface area contributed by atoms with E-state index in [1.807, 2.05) is 0 Å². The molecule has 28 heavy (non-hydrogen) atoms. The van der Waals surface area contributed by atoms with Crippen molar-refractivity contribution in [2.75, 3.05) is 19.5 Å². The molecule has 0 radical (unpaired) electrons. The Kier molecular flexibility index (Phi) is 6.94. The van der Waals surface area contributed by atoms with Gasteiger partial charge in [-0.1, -0.05) is 18.2 Å². The first-order valence-electron chi connectivity index (χ1n) is 8.11. The second-order valence-electron chi connectivity index (χ2n) is 5.74. The Bertz CT molecular complexity index is 874. The summed E-state index contributed by atoms with van der Waals surface area (Å²) in [4.78, 5) is 23.4. The minimum absolute atomic E-state index is 0.0188. The summed E-state index contributed by atoms with van der Waals surface area (Å²) < 4.78 is 48.9. The van der Waals surface area contributed by atoms with Gasteiger partial charge in [-0.2, -0.15) is 13.2 Å². The molecule has 0 saturated carbocycles. The fourth-order valence-electron chi connectivity index (χ4n) is 2.38. The fourth-order valence-corrected chi connectivity index (χ4v) is 2.38. The fraction of sp³-hybridized carbons (Fsp3) is 0.200. The van der Waals surface area contributed by atoms with Crippen LogP contribution in [0, 0.1) is 0 Å². The summed E-state index contributed by atoms with van der Waals surface area (Å²) in [5.74, 6) is -1.07. The molecule has 148 valence electrons. The van der Waals surface area contributed by atoms with Crippen LogP contribution in [0.15, 0.2) is 48.5 Å². The number of alkyl halides is 3. The Morgan fingerprint density at radius 3 is 2.32 bits per heavy atom. The third kappa shape index (κ3) is 5.68. The molecule has 5 nitrogen and oxygen atoms in total. The molecule has 0 atom stereocenters. The van der Waals surface area contributed by atoms with Gasteiger partial charge in [0.25, 0.3) is 5.91 Å². The van der Waals surface area contributed by atoms with E-state index in [0.717, 1.165) is 6.07 Å². The van der Waals surface area contributed by atoms with Crippen LogP contribution in [-0.4, -0.2) is 26.1 Å². The molecule has 2 rings (SSSR count). The summed E-state index contributed by atoms with van der Waals surface area (Å²) in [5.41, 5.74) is 0.0482. The van der Waals surface area contributed by atoms with Crippen LogP contribution in [0.1, 0.15) is 27.0 Å². The van der Waals surface area contributed by atoms with E-state index in [1.165, 1.54) is 50.6 Å². The molecular formula is C20H18F3NO4. The highest BCUT2D eigenvalue weighted by atomic mass is 19.4. The number of methoxy groups -OCH3 is 2. The number of carbonyl (C=O) groups is 2. The van der Waals surface area contributed by atoms with Crippen LogP contribution in [0.25, 0.3) is 6.08 Å². The lowest BCUT2D eigenvalue weighted by atomic mass is 10.1. The molecule has 0 heterocycles. The minimum Gasteiger partial charge on any atom is -0.466 e. The number of hydrogen-bond donors (Lipinski definition) is 1. The molecular weight excluding hydrogens is 375 g/mol. The van der Waals surface area contributed by atoms with Gasteiger partial charge in [-0.15, -0.1) is 0 Å². The first kappa shape index (κ1) is 21.2. The molecule has 0 aliphatic carbocycles. The van der Waals surface area contributed by atoms with E-state index in [4.69, 9.17) is 4.74 Å². The zero-order valence-corrected chi connectivity index (χ0v) is 15.2. The van der Waals surface area contributed by atoms with Crippen molar-refractivity contribution in [3.63, 3.8) is 0 Å². The maximum Gasteiger partial charge on any atom is 0.416 e. The SMILES string of the molecule is COCc1ccc(NC(=O)c2ccc(/C=C/C(=O)OC)cc2)cc1C(F)(F)F. The van der Waals surface area contributed by atoms with E-state index in [1.54, 1.807) is 12.1 Å². The maximum absolute atomic E-state index is 13.2. The van der Waals surface area contributed by atoms with Crippen LogP contribution in [0.5, 0.6) is 0 Å². The lowest BCUT2D eigenvalue weighted by Gasteiger charge is -2.14. The van der Waals surface area contributed by atoms with E-state index in [0.29, 0.717) is 5.56 Å². The number of rotatable bonds is 6. The summed E-state index contributed by atoms with van der Waals surface area (Å²) >= 11 is 0. The van der Waals surface area contributed by atoms with Crippen molar-refractivity contribution in [3.05, 3.63) is 70.8 Å². The average Bonchev–Trinajstić information content (AvgIpc) is 2.67. The van der Waals surface area contributed by atoms with Crippen molar-refractivity contribution in [2.24, 2.45) is 0 Å². The predicted octanol–water partition coefficient (Wildman–Crippen LogP) is 4.29. The number of amides is 1. The summed E-state index contributed by atoms with van der Waals surface area (Å²) in [6, 6.07) is 9.71. The summed E-state index contributed by atoms with van der Waals surface area (Å²) in [5, 5.41) is 2.45. The molecule has 1 N–H and O–H groups in total. The lowest BCUT2D eigenvalue weighted by Crippen LogP contribution is -2.14. The van der Waals surface area contributed by atoms with Gasteiger partial charge in [0.1, 0.15) is 0 Å². The highest BCUT2D eigenvalue weighted by Gasteiger charge is 2.33. The molecule has 0 fully saturated rings. The molecule has 0 saturated heterocycles. The second kappa shape index (κ2) is 9.18. The summed E-state index contributed by atoms with van der Waals surface area (Å²) in [7, 11) is 2.56. The standard InChI is InChI=1S/C20H18F3NO4/c1-27-12-15-8-9-16(11-17(15)20(21,22)23)24-19(26)14-6-3-13(4-7-14)5-10-18(25)28-2/h3-11H,12H2,1-2H3,(H,24,26)/b10-5+. The van der Waals surface area contributed by atoms with Crippen molar-refractivity contribution < 1.29 is 32.2 Å². The molecule has 0 aliphatic rings. The Hall–Kier alpha value is -3.13. The van der Waals surface area contributed by atoms with Crippen LogP contribution in [0.2, 0.25) is 0 Å². The number of carbonyl (C=O) groups excluding carboxylic acids is 2. The van der Waals surface area contributed by atoms with Crippen LogP contribution in [-0.2, 0) is 27.1 Å². The molecule has 0 unspecified atom stereocenters. The molecule has 0 aliphatic heterocycles. The van der Waals surface area contributed by atoms with Gasteiger partial charge < -0.3 is 14.8 Å². The lowest BCUT2D eigenvalue weighted by molar-refractivity contribution is -0.138. The smallest absolute Gasteiger partial charge is 0.416 e. The van der Waals surface area contributed by atoms with E-state index < -0.39 is 23.6 Å². The van der Waals surface area contributed by atoms with Crippen molar-refractivity contribution in [2.45, 2.75) is 12.8 Å². The topological polar surface area (TPSA) is 64.6 Å². The number of ether oxygens (including phenoxy) is 2.